The van der Waals surface area contributed by atoms with E-state index in [1.807, 2.05) is 0 Å². The zero-order valence-corrected chi connectivity index (χ0v) is 21.5. The van der Waals surface area contributed by atoms with Gasteiger partial charge in [0.05, 0.1) is 16.6 Å². The van der Waals surface area contributed by atoms with Crippen LogP contribution in [-0.2, 0) is 0 Å². The molecule has 2 heteroatoms. The molecule has 0 aliphatic carbocycles. The number of hydrogen-bond acceptors (Lipinski definition) is 1. The van der Waals surface area contributed by atoms with Crippen molar-refractivity contribution in [1.82, 2.24) is 4.40 Å². The third kappa shape index (κ3) is 2.41. The molecule has 10 rings (SSSR count). The molecule has 0 aliphatic rings. The molecule has 0 fully saturated rings. The van der Waals surface area contributed by atoms with Gasteiger partial charge in [0.25, 0.3) is 0 Å². The summed E-state index contributed by atoms with van der Waals surface area (Å²) in [6, 6.07) is 46.1. The van der Waals surface area contributed by atoms with Gasteiger partial charge in [-0.3, -0.25) is 0 Å². The van der Waals surface area contributed by atoms with E-state index in [0.717, 1.165) is 44.5 Å². The van der Waals surface area contributed by atoms with Crippen LogP contribution in [0, 0.1) is 0 Å². The van der Waals surface area contributed by atoms with Crippen LogP contribution in [0.2, 0.25) is 0 Å². The number of rotatable bonds is 2. The Bertz CT molecular complexity index is 2390. The Balaban J connectivity index is 1.61. The van der Waals surface area contributed by atoms with Crippen LogP contribution in [0.4, 0.5) is 0 Å². The summed E-state index contributed by atoms with van der Waals surface area (Å²) in [4.78, 5) is 0. The van der Waals surface area contributed by atoms with Crippen molar-refractivity contribution >= 4 is 70.8 Å². The van der Waals surface area contributed by atoms with Gasteiger partial charge in [-0.25, -0.2) is 0 Å². The highest BCUT2D eigenvalue weighted by molar-refractivity contribution is 6.34. The number of aromatic nitrogens is 1. The van der Waals surface area contributed by atoms with Gasteiger partial charge in [0.2, 0.25) is 0 Å². The van der Waals surface area contributed by atoms with Crippen LogP contribution < -0.4 is 0 Å². The molecule has 0 atom stereocenters. The van der Waals surface area contributed by atoms with Crippen LogP contribution in [-0.4, -0.2) is 4.40 Å². The van der Waals surface area contributed by atoms with Crippen LogP contribution in [0.15, 0.2) is 132 Å². The molecule has 0 N–H and O–H groups in total. The fraction of sp³-hybridized carbons (Fsp3) is 0. The van der Waals surface area contributed by atoms with Crippen LogP contribution in [0.3, 0.4) is 0 Å². The zero-order chi connectivity index (χ0) is 25.9. The molecule has 0 radical (unpaired) electrons. The van der Waals surface area contributed by atoms with Gasteiger partial charge in [-0.2, -0.15) is 0 Å². The first-order valence-electron chi connectivity index (χ1n) is 13.8. The Kier molecular flexibility index (Phi) is 3.70. The fourth-order valence-electron chi connectivity index (χ4n) is 7.24. The summed E-state index contributed by atoms with van der Waals surface area (Å²) in [6.45, 7) is 0. The van der Waals surface area contributed by atoms with E-state index in [1.165, 1.54) is 48.6 Å². The van der Waals surface area contributed by atoms with E-state index in [0.29, 0.717) is 0 Å². The van der Waals surface area contributed by atoms with Gasteiger partial charge in [-0.05, 0) is 44.8 Å². The molecular formula is C38H21NO. The van der Waals surface area contributed by atoms with Crippen molar-refractivity contribution in [3.63, 3.8) is 0 Å². The lowest BCUT2D eigenvalue weighted by Crippen LogP contribution is -2.04. The highest BCUT2D eigenvalue weighted by atomic mass is 16.3. The summed E-state index contributed by atoms with van der Waals surface area (Å²) in [5, 5.41) is 10.0. The van der Waals surface area contributed by atoms with Gasteiger partial charge in [0, 0.05) is 32.7 Å². The highest BCUT2D eigenvalue weighted by Crippen LogP contribution is 2.49. The first kappa shape index (κ1) is 20.6. The maximum absolute atomic E-state index is 7.22. The van der Waals surface area contributed by atoms with E-state index in [9.17, 15) is 0 Å². The maximum Gasteiger partial charge on any atom is 0.160 e. The molecule has 3 heterocycles. The molecule has 0 bridgehead atoms. The van der Waals surface area contributed by atoms with E-state index < -0.39 is 0 Å². The molecule has 10 aromatic rings. The monoisotopic (exact) mass is 507 g/mol. The summed E-state index contributed by atoms with van der Waals surface area (Å²) >= 11 is 0. The third-order valence-corrected chi connectivity index (χ3v) is 8.85. The second-order valence-electron chi connectivity index (χ2n) is 10.9. The summed E-state index contributed by atoms with van der Waals surface area (Å²) < 4.78 is 9.75. The molecule has 40 heavy (non-hydrogen) atoms. The SMILES string of the molecule is c1ccc(-c2cc3cccc4c5cccc6c7cccc8cc(-c9ccccc9)c9oc2c(c34)n(c56)c9c87)cc1. The lowest BCUT2D eigenvalue weighted by Gasteiger charge is -2.24. The molecule has 7 aromatic carbocycles. The summed E-state index contributed by atoms with van der Waals surface area (Å²) in [5.41, 5.74) is 9.95. The second kappa shape index (κ2) is 7.19. The summed E-state index contributed by atoms with van der Waals surface area (Å²) in [5.74, 6) is 0. The average molecular weight is 508 g/mol. The van der Waals surface area contributed by atoms with Crippen molar-refractivity contribution in [2.75, 3.05) is 0 Å². The topological polar surface area (TPSA) is 17.6 Å². The molecule has 0 saturated heterocycles. The molecule has 0 spiro atoms. The Morgan fingerprint density at radius 1 is 0.400 bits per heavy atom. The van der Waals surface area contributed by atoms with Gasteiger partial charge >= 0.3 is 0 Å². The van der Waals surface area contributed by atoms with E-state index in [2.05, 4.69) is 132 Å². The minimum absolute atomic E-state index is 0.926. The van der Waals surface area contributed by atoms with Crippen LogP contribution in [0.1, 0.15) is 0 Å². The smallest absolute Gasteiger partial charge is 0.160 e. The molecule has 0 saturated carbocycles. The first-order valence-corrected chi connectivity index (χ1v) is 13.8. The molecule has 0 amide bonds. The first-order chi connectivity index (χ1) is 19.9. The standard InChI is InChI=1S/C38H21NO/c1-3-10-22(11-4-1)30-20-24-14-7-16-26-28-18-9-19-29-27-17-8-15-25-21-31(23-12-5-2-6-13-23)38-36(33(25)27)39(34(28)29)35(32(24)26)37(30)40-38/h1-21H. The van der Waals surface area contributed by atoms with E-state index in [1.54, 1.807) is 0 Å². The Morgan fingerprint density at radius 3 is 1.35 bits per heavy atom. The number of para-hydroxylation sites is 1. The molecule has 0 aliphatic heterocycles. The lowest BCUT2D eigenvalue weighted by molar-refractivity contribution is 0.658. The number of hydrogen-bond donors (Lipinski definition) is 0. The van der Waals surface area contributed by atoms with E-state index >= 15 is 0 Å². The normalized spacial score (nSPS) is 12.5. The lowest BCUT2D eigenvalue weighted by atomic mass is 9.90. The molecule has 3 aromatic heterocycles. The van der Waals surface area contributed by atoms with Crippen molar-refractivity contribution in [3.8, 4) is 22.3 Å². The van der Waals surface area contributed by atoms with Crippen LogP contribution >= 0.6 is 0 Å². The van der Waals surface area contributed by atoms with Gasteiger partial charge in [0.15, 0.2) is 11.2 Å². The predicted octanol–water partition coefficient (Wildman–Crippen LogP) is 10.7. The maximum atomic E-state index is 7.22. The fourth-order valence-corrected chi connectivity index (χ4v) is 7.24. The molecule has 0 unspecified atom stereocenters. The van der Waals surface area contributed by atoms with Gasteiger partial charge in [-0.15, -0.1) is 0 Å². The largest absolute Gasteiger partial charge is 0.452 e. The molecule has 184 valence electrons. The van der Waals surface area contributed by atoms with E-state index in [4.69, 9.17) is 4.42 Å². The van der Waals surface area contributed by atoms with Crippen LogP contribution in [0.25, 0.3) is 93.1 Å². The minimum Gasteiger partial charge on any atom is -0.452 e. The number of pyridine rings is 2. The summed E-state index contributed by atoms with van der Waals surface area (Å²) in [7, 11) is 0. The van der Waals surface area contributed by atoms with Crippen LogP contribution in [0.5, 0.6) is 0 Å². The van der Waals surface area contributed by atoms with Crippen molar-refractivity contribution in [2.24, 2.45) is 0 Å². The van der Waals surface area contributed by atoms with Crippen molar-refractivity contribution in [2.45, 2.75) is 0 Å². The zero-order valence-electron chi connectivity index (χ0n) is 21.5. The van der Waals surface area contributed by atoms with Gasteiger partial charge in [0.1, 0.15) is 0 Å². The van der Waals surface area contributed by atoms with Crippen molar-refractivity contribution < 1.29 is 4.42 Å². The van der Waals surface area contributed by atoms with Crippen molar-refractivity contribution in [3.05, 3.63) is 127 Å². The Labute approximate surface area is 229 Å². The third-order valence-electron chi connectivity index (χ3n) is 8.85. The van der Waals surface area contributed by atoms with E-state index in [-0.39, 0.29) is 0 Å². The van der Waals surface area contributed by atoms with Gasteiger partial charge in [-0.1, -0.05) is 115 Å². The second-order valence-corrected chi connectivity index (χ2v) is 10.9. The minimum atomic E-state index is 0.926. The number of benzene rings is 7. The quantitative estimate of drug-likeness (QED) is 0.168. The predicted molar refractivity (Wildman–Crippen MR) is 168 cm³/mol. The molecule has 2 nitrogen and oxygen atoms in total. The van der Waals surface area contributed by atoms with Gasteiger partial charge < -0.3 is 8.82 Å². The molecular weight excluding hydrogens is 486 g/mol. The summed E-state index contributed by atoms with van der Waals surface area (Å²) in [6.07, 6.45) is 0. The van der Waals surface area contributed by atoms with Crippen molar-refractivity contribution in [1.29, 1.82) is 0 Å². The number of fused-ring (bicyclic) bond motifs is 2. The highest BCUT2D eigenvalue weighted by Gasteiger charge is 2.26. The Morgan fingerprint density at radius 2 is 0.850 bits per heavy atom. The Hall–Kier alpha value is -5.34. The average Bonchev–Trinajstić information content (AvgIpc) is 3.03. The number of nitrogens with zero attached hydrogens (tertiary/aromatic N) is 1.